The van der Waals surface area contributed by atoms with Crippen LogP contribution in [0.15, 0.2) is 30.5 Å². The molecule has 1 heterocycles. The zero-order valence-corrected chi connectivity index (χ0v) is 11.8. The monoisotopic (exact) mass is 297 g/mol. The smallest absolute Gasteiger partial charge is 0.259 e. The number of benzene rings is 1. The van der Waals surface area contributed by atoms with Crippen LogP contribution in [0.2, 0.25) is 0 Å². The topological polar surface area (TPSA) is 85.7 Å². The van der Waals surface area contributed by atoms with Gasteiger partial charge in [-0.05, 0) is 19.1 Å². The molecule has 0 fully saturated rings. The maximum absolute atomic E-state index is 13.8. The van der Waals surface area contributed by atoms with Gasteiger partial charge in [-0.2, -0.15) is 15.6 Å². The van der Waals surface area contributed by atoms with Crippen molar-refractivity contribution in [1.82, 2.24) is 14.7 Å². The summed E-state index contributed by atoms with van der Waals surface area (Å²) in [6.07, 6.45) is 1.31. The Balaban J connectivity index is 2.40. The highest BCUT2D eigenvalue weighted by molar-refractivity contribution is 5.95. The standard InChI is InChI=1S/C15H12FN5O/c1-11-12(15(22)20(8-6-17)9-7-18)10-19-21(11)14-5-3-2-4-13(14)16/h2-5,10H,8-9H2,1H3. The molecule has 0 saturated heterocycles. The molecule has 22 heavy (non-hydrogen) atoms. The minimum atomic E-state index is -0.483. The minimum absolute atomic E-state index is 0.198. The van der Waals surface area contributed by atoms with E-state index in [1.807, 2.05) is 12.1 Å². The number of carbonyl (C=O) groups excluding carboxylic acids is 1. The van der Waals surface area contributed by atoms with Crippen molar-refractivity contribution in [2.75, 3.05) is 13.1 Å². The summed E-state index contributed by atoms with van der Waals surface area (Å²) in [5.74, 6) is -0.943. The van der Waals surface area contributed by atoms with E-state index in [1.54, 1.807) is 25.1 Å². The molecule has 2 aromatic rings. The predicted molar refractivity (Wildman–Crippen MR) is 75.4 cm³/mol. The second kappa shape index (κ2) is 6.51. The van der Waals surface area contributed by atoms with Crippen LogP contribution < -0.4 is 0 Å². The number of amides is 1. The van der Waals surface area contributed by atoms with Gasteiger partial charge in [0.15, 0.2) is 0 Å². The number of nitriles is 2. The van der Waals surface area contributed by atoms with Crippen LogP contribution in [0.5, 0.6) is 0 Å². The van der Waals surface area contributed by atoms with Gasteiger partial charge in [0.25, 0.3) is 5.91 Å². The number of rotatable bonds is 4. The number of aromatic nitrogens is 2. The van der Waals surface area contributed by atoms with Gasteiger partial charge < -0.3 is 4.90 Å². The third kappa shape index (κ3) is 2.79. The van der Waals surface area contributed by atoms with Crippen LogP contribution in [0, 0.1) is 35.4 Å². The first-order valence-electron chi connectivity index (χ1n) is 6.42. The van der Waals surface area contributed by atoms with E-state index in [0.717, 1.165) is 4.90 Å². The fourth-order valence-corrected chi connectivity index (χ4v) is 2.03. The fourth-order valence-electron chi connectivity index (χ4n) is 2.03. The van der Waals surface area contributed by atoms with Crippen molar-refractivity contribution in [2.45, 2.75) is 6.92 Å². The average Bonchev–Trinajstić information content (AvgIpc) is 2.88. The van der Waals surface area contributed by atoms with Gasteiger partial charge >= 0.3 is 0 Å². The second-order valence-electron chi connectivity index (χ2n) is 4.48. The highest BCUT2D eigenvalue weighted by atomic mass is 19.1. The van der Waals surface area contributed by atoms with Crippen LogP contribution in [0.1, 0.15) is 16.1 Å². The number of nitrogens with zero attached hydrogens (tertiary/aromatic N) is 5. The molecule has 7 heteroatoms. The summed E-state index contributed by atoms with van der Waals surface area (Å²) in [6, 6.07) is 9.75. The highest BCUT2D eigenvalue weighted by Crippen LogP contribution is 2.18. The van der Waals surface area contributed by atoms with Crippen LogP contribution in [0.3, 0.4) is 0 Å². The summed E-state index contributed by atoms with van der Waals surface area (Å²) in [5.41, 5.74) is 0.899. The Morgan fingerprint density at radius 1 is 1.32 bits per heavy atom. The first kappa shape index (κ1) is 15.2. The lowest BCUT2D eigenvalue weighted by molar-refractivity contribution is 0.0794. The van der Waals surface area contributed by atoms with Gasteiger partial charge in [-0.15, -0.1) is 0 Å². The summed E-state index contributed by atoms with van der Waals surface area (Å²) in [5, 5.41) is 21.5. The van der Waals surface area contributed by atoms with Crippen molar-refractivity contribution in [2.24, 2.45) is 0 Å². The molecule has 0 aliphatic heterocycles. The molecule has 0 N–H and O–H groups in total. The molecule has 0 spiro atoms. The first-order valence-corrected chi connectivity index (χ1v) is 6.42. The lowest BCUT2D eigenvalue weighted by Crippen LogP contribution is -2.32. The molecular formula is C15H12FN5O. The molecule has 2 rings (SSSR count). The van der Waals surface area contributed by atoms with Gasteiger partial charge in [-0.1, -0.05) is 12.1 Å². The summed E-state index contributed by atoms with van der Waals surface area (Å²) in [4.78, 5) is 13.5. The Morgan fingerprint density at radius 2 is 1.95 bits per heavy atom. The largest absolute Gasteiger partial charge is 0.312 e. The fraction of sp³-hybridized carbons (Fsp3) is 0.200. The Hall–Kier alpha value is -3.19. The normalized spacial score (nSPS) is 9.82. The minimum Gasteiger partial charge on any atom is -0.312 e. The van der Waals surface area contributed by atoms with Crippen LogP contribution in [0.25, 0.3) is 5.69 Å². The quantitative estimate of drug-likeness (QED) is 0.805. The van der Waals surface area contributed by atoms with Crippen LogP contribution in [-0.4, -0.2) is 33.7 Å². The van der Waals surface area contributed by atoms with Gasteiger partial charge in [0.2, 0.25) is 0 Å². The maximum atomic E-state index is 13.8. The van der Waals surface area contributed by atoms with E-state index in [9.17, 15) is 9.18 Å². The number of hydrogen-bond donors (Lipinski definition) is 0. The molecule has 6 nitrogen and oxygen atoms in total. The second-order valence-corrected chi connectivity index (χ2v) is 4.48. The molecule has 0 bridgehead atoms. The predicted octanol–water partition coefficient (Wildman–Crippen LogP) is 1.81. The van der Waals surface area contributed by atoms with Crippen molar-refractivity contribution in [1.29, 1.82) is 10.5 Å². The number of para-hydroxylation sites is 1. The molecule has 1 amide bonds. The van der Waals surface area contributed by atoms with Gasteiger partial charge in [-0.25, -0.2) is 9.07 Å². The molecule has 1 aromatic heterocycles. The Bertz CT molecular complexity index is 768. The van der Waals surface area contributed by atoms with Crippen molar-refractivity contribution in [3.05, 3.63) is 47.5 Å². The van der Waals surface area contributed by atoms with E-state index >= 15 is 0 Å². The van der Waals surface area contributed by atoms with Crippen LogP contribution in [-0.2, 0) is 0 Å². The number of halogens is 1. The zero-order valence-electron chi connectivity index (χ0n) is 11.8. The van der Waals surface area contributed by atoms with Gasteiger partial charge in [-0.3, -0.25) is 4.79 Å². The Kier molecular flexibility index (Phi) is 4.50. The van der Waals surface area contributed by atoms with Crippen molar-refractivity contribution < 1.29 is 9.18 Å². The summed E-state index contributed by atoms with van der Waals surface area (Å²) in [7, 11) is 0. The molecule has 0 aliphatic rings. The molecular weight excluding hydrogens is 285 g/mol. The van der Waals surface area contributed by atoms with E-state index in [0.29, 0.717) is 5.69 Å². The first-order chi connectivity index (χ1) is 10.6. The summed E-state index contributed by atoms with van der Waals surface area (Å²) in [6.45, 7) is 1.23. The summed E-state index contributed by atoms with van der Waals surface area (Å²) >= 11 is 0. The van der Waals surface area contributed by atoms with E-state index < -0.39 is 11.7 Å². The van der Waals surface area contributed by atoms with E-state index in [-0.39, 0.29) is 24.3 Å². The molecule has 1 aromatic carbocycles. The van der Waals surface area contributed by atoms with Crippen LogP contribution in [0.4, 0.5) is 4.39 Å². The Morgan fingerprint density at radius 3 is 2.55 bits per heavy atom. The molecule has 0 radical (unpaired) electrons. The van der Waals surface area contributed by atoms with E-state index in [2.05, 4.69) is 5.10 Å². The van der Waals surface area contributed by atoms with E-state index in [1.165, 1.54) is 16.9 Å². The van der Waals surface area contributed by atoms with E-state index in [4.69, 9.17) is 10.5 Å². The van der Waals surface area contributed by atoms with Gasteiger partial charge in [0.1, 0.15) is 24.6 Å². The number of hydrogen-bond acceptors (Lipinski definition) is 4. The van der Waals surface area contributed by atoms with Crippen LogP contribution >= 0.6 is 0 Å². The molecule has 0 atom stereocenters. The average molecular weight is 297 g/mol. The Labute approximate surface area is 126 Å². The highest BCUT2D eigenvalue weighted by Gasteiger charge is 2.21. The number of carbonyl (C=O) groups is 1. The van der Waals surface area contributed by atoms with Gasteiger partial charge in [0, 0.05) is 0 Å². The molecule has 110 valence electrons. The third-order valence-corrected chi connectivity index (χ3v) is 3.13. The molecule has 0 aliphatic carbocycles. The molecule has 0 unspecified atom stereocenters. The lowest BCUT2D eigenvalue weighted by Gasteiger charge is -2.15. The summed E-state index contributed by atoms with van der Waals surface area (Å²) < 4.78 is 15.1. The third-order valence-electron chi connectivity index (χ3n) is 3.13. The van der Waals surface area contributed by atoms with Crippen molar-refractivity contribution >= 4 is 5.91 Å². The lowest BCUT2D eigenvalue weighted by atomic mass is 10.2. The maximum Gasteiger partial charge on any atom is 0.259 e. The molecule has 0 saturated carbocycles. The van der Waals surface area contributed by atoms with Crippen molar-refractivity contribution in [3.8, 4) is 17.8 Å². The SMILES string of the molecule is Cc1c(C(=O)N(CC#N)CC#N)cnn1-c1ccccc1F. The van der Waals surface area contributed by atoms with Gasteiger partial charge in [0.05, 0.1) is 29.6 Å². The van der Waals surface area contributed by atoms with Crippen molar-refractivity contribution in [3.63, 3.8) is 0 Å². The zero-order chi connectivity index (χ0) is 16.1.